The molecular formula is C8H7Cl2NO2. The fourth-order valence-electron chi connectivity index (χ4n) is 0.817. The summed E-state index contributed by atoms with van der Waals surface area (Å²) in [7, 11) is 1.46. The van der Waals surface area contributed by atoms with E-state index in [0.717, 1.165) is 0 Å². The van der Waals surface area contributed by atoms with Crippen LogP contribution in [0.25, 0.3) is 0 Å². The van der Waals surface area contributed by atoms with Gasteiger partial charge in [-0.2, -0.15) is 0 Å². The van der Waals surface area contributed by atoms with Crippen molar-refractivity contribution in [2.24, 2.45) is 0 Å². The molecule has 1 aromatic rings. The van der Waals surface area contributed by atoms with E-state index in [1.54, 1.807) is 0 Å². The molecule has 0 atom stereocenters. The third-order valence-corrected chi connectivity index (χ3v) is 2.01. The molecule has 0 spiro atoms. The Morgan fingerprint density at radius 3 is 2.92 bits per heavy atom. The molecule has 0 bridgehead atoms. The normalized spacial score (nSPS) is 9.77. The number of halogens is 2. The van der Waals surface area contributed by atoms with Gasteiger partial charge in [0.15, 0.2) is 5.78 Å². The highest BCUT2D eigenvalue weighted by Crippen LogP contribution is 2.19. The Morgan fingerprint density at radius 2 is 2.38 bits per heavy atom. The Morgan fingerprint density at radius 1 is 1.69 bits per heavy atom. The molecule has 0 N–H and O–H groups in total. The third-order valence-electron chi connectivity index (χ3n) is 1.46. The number of carbonyl (C=O) groups excluding carboxylic acids is 1. The van der Waals surface area contributed by atoms with Gasteiger partial charge < -0.3 is 4.74 Å². The topological polar surface area (TPSA) is 39.2 Å². The number of methoxy groups -OCH3 is 1. The second-order valence-electron chi connectivity index (χ2n) is 2.26. The van der Waals surface area contributed by atoms with Crippen LogP contribution in [-0.4, -0.2) is 23.8 Å². The van der Waals surface area contributed by atoms with Crippen molar-refractivity contribution in [3.8, 4) is 5.88 Å². The molecule has 0 unspecified atom stereocenters. The van der Waals surface area contributed by atoms with E-state index in [1.165, 1.54) is 19.4 Å². The maximum absolute atomic E-state index is 11.2. The Kier molecular flexibility index (Phi) is 3.51. The van der Waals surface area contributed by atoms with E-state index in [9.17, 15) is 4.79 Å². The van der Waals surface area contributed by atoms with Crippen LogP contribution >= 0.6 is 23.2 Å². The van der Waals surface area contributed by atoms with Crippen LogP contribution in [0.5, 0.6) is 5.88 Å². The highest BCUT2D eigenvalue weighted by molar-refractivity contribution is 6.37. The molecule has 0 aliphatic rings. The minimum atomic E-state index is -0.243. The predicted octanol–water partition coefficient (Wildman–Crippen LogP) is 2.17. The molecule has 13 heavy (non-hydrogen) atoms. The molecule has 0 radical (unpaired) electrons. The predicted molar refractivity (Wildman–Crippen MR) is 50.8 cm³/mol. The summed E-state index contributed by atoms with van der Waals surface area (Å²) in [6.45, 7) is 0. The minimum Gasteiger partial charge on any atom is -0.481 e. The summed E-state index contributed by atoms with van der Waals surface area (Å²) in [5.41, 5.74) is 0.337. The zero-order valence-corrected chi connectivity index (χ0v) is 8.39. The van der Waals surface area contributed by atoms with E-state index in [-0.39, 0.29) is 16.7 Å². The van der Waals surface area contributed by atoms with Gasteiger partial charge in [0.2, 0.25) is 5.88 Å². The number of rotatable bonds is 3. The molecule has 0 aliphatic heterocycles. The van der Waals surface area contributed by atoms with Gasteiger partial charge in [0, 0.05) is 11.6 Å². The average Bonchev–Trinajstić information content (AvgIpc) is 2.17. The van der Waals surface area contributed by atoms with Crippen LogP contribution in [-0.2, 0) is 0 Å². The molecule has 3 nitrogen and oxygen atoms in total. The molecule has 1 rings (SSSR count). The Labute approximate surface area is 85.6 Å². The van der Waals surface area contributed by atoms with Crippen molar-refractivity contribution in [2.75, 3.05) is 13.0 Å². The second-order valence-corrected chi connectivity index (χ2v) is 2.94. The van der Waals surface area contributed by atoms with Gasteiger partial charge >= 0.3 is 0 Å². The summed E-state index contributed by atoms with van der Waals surface area (Å²) >= 11 is 11.1. The number of hydrogen-bond acceptors (Lipinski definition) is 3. The number of hydrogen-bond donors (Lipinski definition) is 0. The summed E-state index contributed by atoms with van der Waals surface area (Å²) < 4.78 is 4.84. The lowest BCUT2D eigenvalue weighted by Gasteiger charge is -2.02. The van der Waals surface area contributed by atoms with Gasteiger partial charge in [-0.25, -0.2) is 4.98 Å². The molecule has 0 saturated carbocycles. The fourth-order valence-corrected chi connectivity index (χ4v) is 1.17. The number of alkyl halides is 1. The van der Waals surface area contributed by atoms with Crippen molar-refractivity contribution in [3.05, 3.63) is 22.8 Å². The quantitative estimate of drug-likeness (QED) is 0.578. The van der Waals surface area contributed by atoms with Crippen LogP contribution in [0.2, 0.25) is 5.02 Å². The highest BCUT2D eigenvalue weighted by atomic mass is 35.5. The zero-order chi connectivity index (χ0) is 9.84. The number of Topliss-reactive ketones (excluding diaryl/α,β-unsaturated/α-hetero) is 1. The molecule has 0 amide bonds. The number of aromatic nitrogens is 1. The molecule has 0 fully saturated rings. The highest BCUT2D eigenvalue weighted by Gasteiger charge is 2.10. The Hall–Kier alpha value is -0.800. The molecular weight excluding hydrogens is 213 g/mol. The zero-order valence-electron chi connectivity index (χ0n) is 6.88. The van der Waals surface area contributed by atoms with Crippen LogP contribution in [0.1, 0.15) is 10.4 Å². The lowest BCUT2D eigenvalue weighted by molar-refractivity contribution is 0.102. The van der Waals surface area contributed by atoms with E-state index >= 15 is 0 Å². The maximum atomic E-state index is 11.2. The number of pyridine rings is 1. The van der Waals surface area contributed by atoms with E-state index in [1.807, 2.05) is 0 Å². The molecule has 1 aromatic heterocycles. The van der Waals surface area contributed by atoms with Gasteiger partial charge in [0.05, 0.1) is 24.2 Å². The monoisotopic (exact) mass is 219 g/mol. The van der Waals surface area contributed by atoms with Crippen molar-refractivity contribution in [3.63, 3.8) is 0 Å². The van der Waals surface area contributed by atoms with Gasteiger partial charge in [-0.3, -0.25) is 4.79 Å². The van der Waals surface area contributed by atoms with Gasteiger partial charge in [-0.05, 0) is 0 Å². The van der Waals surface area contributed by atoms with Crippen LogP contribution in [0.15, 0.2) is 12.3 Å². The third kappa shape index (κ3) is 2.32. The summed E-state index contributed by atoms with van der Waals surface area (Å²) in [4.78, 5) is 15.0. The number of nitrogens with zero attached hydrogens (tertiary/aromatic N) is 1. The molecule has 0 aliphatic carbocycles. The van der Waals surface area contributed by atoms with Crippen LogP contribution < -0.4 is 4.74 Å². The lowest BCUT2D eigenvalue weighted by atomic mass is 10.2. The molecule has 0 saturated heterocycles. The Bertz CT molecular complexity index is 328. The summed E-state index contributed by atoms with van der Waals surface area (Å²) in [6, 6.07) is 1.47. The van der Waals surface area contributed by atoms with Crippen molar-refractivity contribution >= 4 is 29.0 Å². The average molecular weight is 220 g/mol. The first-order chi connectivity index (χ1) is 6.19. The smallest absolute Gasteiger partial charge is 0.213 e. The first-order valence-corrected chi connectivity index (χ1v) is 4.39. The summed E-state index contributed by atoms with van der Waals surface area (Å²) in [6.07, 6.45) is 1.36. The van der Waals surface area contributed by atoms with Crippen LogP contribution in [0.4, 0.5) is 0 Å². The van der Waals surface area contributed by atoms with Crippen molar-refractivity contribution in [1.82, 2.24) is 4.98 Å². The first-order valence-electron chi connectivity index (χ1n) is 3.47. The minimum absolute atomic E-state index is 0.104. The summed E-state index contributed by atoms with van der Waals surface area (Å²) in [5.74, 6) is -0.00221. The van der Waals surface area contributed by atoms with E-state index in [2.05, 4.69) is 4.98 Å². The van der Waals surface area contributed by atoms with Crippen molar-refractivity contribution < 1.29 is 9.53 Å². The number of carbonyl (C=O) groups is 1. The van der Waals surface area contributed by atoms with Gasteiger partial charge in [-0.1, -0.05) is 11.6 Å². The first kappa shape index (κ1) is 10.3. The van der Waals surface area contributed by atoms with Gasteiger partial charge in [-0.15, -0.1) is 11.6 Å². The molecule has 5 heteroatoms. The lowest BCUT2D eigenvalue weighted by Crippen LogP contribution is -2.02. The van der Waals surface area contributed by atoms with E-state index in [4.69, 9.17) is 27.9 Å². The van der Waals surface area contributed by atoms with E-state index in [0.29, 0.717) is 11.4 Å². The second kappa shape index (κ2) is 4.44. The van der Waals surface area contributed by atoms with Crippen molar-refractivity contribution in [1.29, 1.82) is 0 Å². The number of ketones is 1. The summed E-state index contributed by atoms with van der Waals surface area (Å²) in [5, 5.41) is 0.284. The molecule has 0 aromatic carbocycles. The standard InChI is InChI=1S/C8H7Cl2NO2/c1-13-8-2-5(7(12)3-9)6(10)4-11-8/h2,4H,3H2,1H3. The largest absolute Gasteiger partial charge is 0.481 e. The van der Waals surface area contributed by atoms with Gasteiger partial charge in [0.1, 0.15) is 0 Å². The number of ether oxygens (including phenoxy) is 1. The Balaban J connectivity index is 3.11. The SMILES string of the molecule is COc1cc(C(=O)CCl)c(Cl)cn1. The van der Waals surface area contributed by atoms with E-state index < -0.39 is 0 Å². The van der Waals surface area contributed by atoms with Crippen LogP contribution in [0, 0.1) is 0 Å². The van der Waals surface area contributed by atoms with Crippen molar-refractivity contribution in [2.45, 2.75) is 0 Å². The fraction of sp³-hybridized carbons (Fsp3) is 0.250. The van der Waals surface area contributed by atoms with Crippen LogP contribution in [0.3, 0.4) is 0 Å². The maximum Gasteiger partial charge on any atom is 0.213 e. The molecule has 70 valence electrons. The molecule has 1 heterocycles. The van der Waals surface area contributed by atoms with Gasteiger partial charge in [0.25, 0.3) is 0 Å².